The average molecular weight is 268 g/mol. The molecular weight excluding hydrogens is 250 g/mol. The van der Waals surface area contributed by atoms with Crippen molar-refractivity contribution in [1.82, 2.24) is 5.06 Å². The van der Waals surface area contributed by atoms with Crippen molar-refractivity contribution in [3.63, 3.8) is 0 Å². The molecule has 0 atom stereocenters. The number of halogens is 1. The van der Waals surface area contributed by atoms with Crippen LogP contribution in [0.15, 0.2) is 24.3 Å². The molecule has 0 aromatic heterocycles. The zero-order valence-corrected chi connectivity index (χ0v) is 11.5. The first-order valence-corrected chi connectivity index (χ1v) is 6.52. The highest BCUT2D eigenvalue weighted by molar-refractivity contribution is 6.30. The van der Waals surface area contributed by atoms with E-state index in [1.165, 1.54) is 17.7 Å². The molecule has 98 valence electrons. The van der Waals surface area contributed by atoms with E-state index in [0.717, 1.165) is 24.3 Å². The molecule has 0 unspecified atom stereocenters. The van der Waals surface area contributed by atoms with Crippen LogP contribution in [0.2, 0.25) is 5.02 Å². The number of carbonyl (C=O) groups is 1. The molecule has 0 bridgehead atoms. The predicted molar refractivity (Wildman–Crippen MR) is 71.4 cm³/mol. The van der Waals surface area contributed by atoms with E-state index in [0.29, 0.717) is 6.42 Å². The highest BCUT2D eigenvalue weighted by Gasteiger charge is 2.41. The number of amides is 1. The smallest absolute Gasteiger partial charge is 0.246 e. The van der Waals surface area contributed by atoms with Gasteiger partial charge in [0.2, 0.25) is 5.91 Å². The minimum atomic E-state index is -0.0469. The van der Waals surface area contributed by atoms with Gasteiger partial charge in [-0.2, -0.15) is 0 Å². The number of hydroxylamine groups is 2. The van der Waals surface area contributed by atoms with E-state index in [-0.39, 0.29) is 11.3 Å². The monoisotopic (exact) mass is 267 g/mol. The molecule has 1 fully saturated rings. The number of hydrogen-bond acceptors (Lipinski definition) is 2. The van der Waals surface area contributed by atoms with Crippen molar-refractivity contribution in [3.05, 3.63) is 34.9 Å². The van der Waals surface area contributed by atoms with E-state index in [2.05, 4.69) is 6.07 Å². The first-order valence-electron chi connectivity index (χ1n) is 6.14. The van der Waals surface area contributed by atoms with Gasteiger partial charge in [-0.1, -0.05) is 30.2 Å². The average Bonchev–Trinajstić information content (AvgIpc) is 2.32. The van der Waals surface area contributed by atoms with Gasteiger partial charge in [0, 0.05) is 23.9 Å². The van der Waals surface area contributed by atoms with Crippen LogP contribution in [0.1, 0.15) is 31.2 Å². The van der Waals surface area contributed by atoms with Gasteiger partial charge in [-0.05, 0) is 30.5 Å². The molecule has 0 saturated heterocycles. The Morgan fingerprint density at radius 2 is 2.22 bits per heavy atom. The van der Waals surface area contributed by atoms with Gasteiger partial charge >= 0.3 is 0 Å². The van der Waals surface area contributed by atoms with E-state index in [9.17, 15) is 4.79 Å². The number of benzene rings is 1. The lowest BCUT2D eigenvalue weighted by Gasteiger charge is -2.42. The second-order valence-corrected chi connectivity index (χ2v) is 5.33. The molecule has 4 heteroatoms. The van der Waals surface area contributed by atoms with Crippen molar-refractivity contribution in [2.45, 2.75) is 31.1 Å². The van der Waals surface area contributed by atoms with Crippen molar-refractivity contribution in [3.8, 4) is 0 Å². The summed E-state index contributed by atoms with van der Waals surface area (Å²) in [5.74, 6) is 0.0113. The molecule has 18 heavy (non-hydrogen) atoms. The molecule has 0 heterocycles. The van der Waals surface area contributed by atoms with Crippen LogP contribution in [-0.2, 0) is 15.0 Å². The van der Waals surface area contributed by atoms with Gasteiger partial charge in [-0.15, -0.1) is 0 Å². The molecule has 1 amide bonds. The van der Waals surface area contributed by atoms with Gasteiger partial charge in [0.15, 0.2) is 0 Å². The SMILES string of the molecule is CON(C)C(=O)CC1(c2cccc(Cl)c2)CCC1. The molecule has 1 aliphatic carbocycles. The van der Waals surface area contributed by atoms with Crippen molar-refractivity contribution in [2.24, 2.45) is 0 Å². The van der Waals surface area contributed by atoms with Crippen LogP contribution in [0, 0.1) is 0 Å². The molecule has 0 radical (unpaired) electrons. The van der Waals surface area contributed by atoms with Crippen molar-refractivity contribution < 1.29 is 9.63 Å². The number of rotatable bonds is 4. The zero-order valence-electron chi connectivity index (χ0n) is 10.8. The standard InChI is InChI=1S/C14H18ClNO2/c1-16(18-2)13(17)10-14(7-4-8-14)11-5-3-6-12(15)9-11/h3,5-6,9H,4,7-8,10H2,1-2H3. The van der Waals surface area contributed by atoms with Gasteiger partial charge in [-0.25, -0.2) is 5.06 Å². The summed E-state index contributed by atoms with van der Waals surface area (Å²) in [5.41, 5.74) is 1.12. The fourth-order valence-electron chi connectivity index (χ4n) is 2.49. The zero-order chi connectivity index (χ0) is 13.2. The molecule has 0 spiro atoms. The number of nitrogens with zero attached hydrogens (tertiary/aromatic N) is 1. The van der Waals surface area contributed by atoms with E-state index in [1.807, 2.05) is 18.2 Å². The quantitative estimate of drug-likeness (QED) is 0.784. The van der Waals surface area contributed by atoms with Crippen LogP contribution in [0.25, 0.3) is 0 Å². The maximum Gasteiger partial charge on any atom is 0.246 e. The normalized spacial score (nSPS) is 17.1. The lowest BCUT2D eigenvalue weighted by atomic mass is 9.62. The first kappa shape index (κ1) is 13.4. The maximum atomic E-state index is 12.0. The van der Waals surface area contributed by atoms with Crippen LogP contribution in [-0.4, -0.2) is 25.1 Å². The molecule has 0 N–H and O–H groups in total. The van der Waals surface area contributed by atoms with Gasteiger partial charge in [0.1, 0.15) is 0 Å². The lowest BCUT2D eigenvalue weighted by Crippen LogP contribution is -2.40. The Balaban J connectivity index is 2.19. The van der Waals surface area contributed by atoms with Gasteiger partial charge in [0.05, 0.1) is 7.11 Å². The minimum Gasteiger partial charge on any atom is -0.275 e. The Bertz CT molecular complexity index is 443. The van der Waals surface area contributed by atoms with Crippen molar-refractivity contribution >= 4 is 17.5 Å². The Morgan fingerprint density at radius 1 is 1.50 bits per heavy atom. The van der Waals surface area contributed by atoms with Gasteiger partial charge < -0.3 is 0 Å². The minimum absolute atomic E-state index is 0.0113. The Morgan fingerprint density at radius 3 is 2.72 bits per heavy atom. The summed E-state index contributed by atoms with van der Waals surface area (Å²) in [7, 11) is 3.15. The first-order chi connectivity index (χ1) is 8.57. The van der Waals surface area contributed by atoms with Crippen LogP contribution < -0.4 is 0 Å². The Kier molecular flexibility index (Phi) is 3.93. The molecule has 2 rings (SSSR count). The number of carbonyl (C=O) groups excluding carboxylic acids is 1. The molecule has 1 aromatic rings. The highest BCUT2D eigenvalue weighted by atomic mass is 35.5. The van der Waals surface area contributed by atoms with Gasteiger partial charge in [-0.3, -0.25) is 9.63 Å². The largest absolute Gasteiger partial charge is 0.275 e. The third-order valence-corrected chi connectivity index (χ3v) is 4.10. The van der Waals surface area contributed by atoms with E-state index < -0.39 is 0 Å². The summed E-state index contributed by atoms with van der Waals surface area (Å²) in [5, 5.41) is 2.02. The van der Waals surface area contributed by atoms with E-state index in [4.69, 9.17) is 16.4 Å². The highest BCUT2D eigenvalue weighted by Crippen LogP contribution is 2.47. The predicted octanol–water partition coefficient (Wildman–Crippen LogP) is 3.17. The van der Waals surface area contributed by atoms with Crippen LogP contribution in [0.3, 0.4) is 0 Å². The molecule has 1 aliphatic rings. The molecule has 3 nitrogen and oxygen atoms in total. The summed E-state index contributed by atoms with van der Waals surface area (Å²) in [4.78, 5) is 17.0. The van der Waals surface area contributed by atoms with Crippen LogP contribution in [0.5, 0.6) is 0 Å². The third-order valence-electron chi connectivity index (χ3n) is 3.86. The molecule has 1 aromatic carbocycles. The second-order valence-electron chi connectivity index (χ2n) is 4.89. The summed E-state index contributed by atoms with van der Waals surface area (Å²) >= 11 is 6.04. The van der Waals surface area contributed by atoms with E-state index in [1.54, 1.807) is 7.05 Å². The fourth-order valence-corrected chi connectivity index (χ4v) is 2.68. The lowest BCUT2D eigenvalue weighted by molar-refractivity contribution is -0.171. The third kappa shape index (κ3) is 2.52. The molecule has 1 saturated carbocycles. The summed E-state index contributed by atoms with van der Waals surface area (Å²) < 4.78 is 0. The maximum absolute atomic E-state index is 12.0. The Labute approximate surface area is 113 Å². The summed E-state index contributed by atoms with van der Waals surface area (Å²) in [6.07, 6.45) is 3.72. The summed E-state index contributed by atoms with van der Waals surface area (Å²) in [6, 6.07) is 7.84. The molecule has 0 aliphatic heterocycles. The Hall–Kier alpha value is -1.06. The fraction of sp³-hybridized carbons (Fsp3) is 0.500. The van der Waals surface area contributed by atoms with Crippen molar-refractivity contribution in [2.75, 3.05) is 14.2 Å². The van der Waals surface area contributed by atoms with Gasteiger partial charge in [0.25, 0.3) is 0 Å². The number of hydrogen-bond donors (Lipinski definition) is 0. The second kappa shape index (κ2) is 5.29. The van der Waals surface area contributed by atoms with Crippen LogP contribution >= 0.6 is 11.6 Å². The molecular formula is C14H18ClNO2. The topological polar surface area (TPSA) is 29.5 Å². The van der Waals surface area contributed by atoms with Crippen molar-refractivity contribution in [1.29, 1.82) is 0 Å². The van der Waals surface area contributed by atoms with Crippen LogP contribution in [0.4, 0.5) is 0 Å². The summed E-state index contributed by atoms with van der Waals surface area (Å²) in [6.45, 7) is 0. The van der Waals surface area contributed by atoms with E-state index >= 15 is 0 Å².